The molecule has 4 heteroatoms. The standard InChI is InChI=1S/C21H36N2O2/c1-6-23-11-7-8-18(23)13-22-14-19(24)15-25-20-10-9-17(12-16(20)2)21(3,4)5/h9-10,12,18-19,22,24H,6-8,11,13-15H2,1-5H3/t18-,19-/m0/s1. The third kappa shape index (κ3) is 5.98. The zero-order valence-corrected chi connectivity index (χ0v) is 16.6. The van der Waals surface area contributed by atoms with Crippen molar-refractivity contribution >= 4 is 0 Å². The van der Waals surface area contributed by atoms with E-state index in [0.29, 0.717) is 19.2 Å². The fraction of sp³-hybridized carbons (Fsp3) is 0.714. The van der Waals surface area contributed by atoms with Crippen LogP contribution >= 0.6 is 0 Å². The molecule has 2 rings (SSSR count). The Kier molecular flexibility index (Phi) is 7.29. The minimum Gasteiger partial charge on any atom is -0.491 e. The molecule has 0 amide bonds. The van der Waals surface area contributed by atoms with E-state index in [2.05, 4.69) is 57.0 Å². The molecule has 2 atom stereocenters. The molecule has 0 aromatic heterocycles. The summed E-state index contributed by atoms with van der Waals surface area (Å²) in [6.07, 6.45) is 2.06. The number of hydrogen-bond donors (Lipinski definition) is 2. The number of nitrogens with one attached hydrogen (secondary N) is 1. The number of likely N-dealkylation sites (tertiary alicyclic amines) is 1. The number of rotatable bonds is 8. The Hall–Kier alpha value is -1.10. The Morgan fingerprint density at radius 2 is 2.12 bits per heavy atom. The molecule has 1 aliphatic heterocycles. The molecule has 1 heterocycles. The highest BCUT2D eigenvalue weighted by Gasteiger charge is 2.22. The van der Waals surface area contributed by atoms with Crippen molar-refractivity contribution in [2.45, 2.75) is 65.0 Å². The maximum Gasteiger partial charge on any atom is 0.122 e. The van der Waals surface area contributed by atoms with Gasteiger partial charge in [-0.3, -0.25) is 4.90 Å². The van der Waals surface area contributed by atoms with Crippen molar-refractivity contribution in [3.8, 4) is 5.75 Å². The number of aliphatic hydroxyl groups is 1. The number of ether oxygens (including phenoxy) is 1. The summed E-state index contributed by atoms with van der Waals surface area (Å²) in [5.41, 5.74) is 2.56. The lowest BCUT2D eigenvalue weighted by Crippen LogP contribution is -2.41. The fourth-order valence-electron chi connectivity index (χ4n) is 3.48. The SMILES string of the molecule is CCN1CCC[C@H]1CNC[C@H](O)COc1ccc(C(C)(C)C)cc1C. The maximum atomic E-state index is 10.2. The normalized spacial score (nSPS) is 20.0. The van der Waals surface area contributed by atoms with Gasteiger partial charge in [0.1, 0.15) is 18.5 Å². The Balaban J connectivity index is 1.73. The molecule has 1 aliphatic rings. The molecular formula is C21H36N2O2. The predicted octanol–water partition coefficient (Wildman–Crippen LogP) is 3.11. The highest BCUT2D eigenvalue weighted by Crippen LogP contribution is 2.27. The summed E-state index contributed by atoms with van der Waals surface area (Å²) in [4.78, 5) is 2.51. The van der Waals surface area contributed by atoms with Crippen molar-refractivity contribution in [1.29, 1.82) is 0 Å². The van der Waals surface area contributed by atoms with Gasteiger partial charge in [0.05, 0.1) is 0 Å². The van der Waals surface area contributed by atoms with Gasteiger partial charge in [-0.15, -0.1) is 0 Å². The van der Waals surface area contributed by atoms with Crippen LogP contribution in [0.25, 0.3) is 0 Å². The molecule has 25 heavy (non-hydrogen) atoms. The molecule has 0 saturated carbocycles. The first-order valence-corrected chi connectivity index (χ1v) is 9.68. The lowest BCUT2D eigenvalue weighted by molar-refractivity contribution is 0.104. The van der Waals surface area contributed by atoms with Crippen LogP contribution in [0.3, 0.4) is 0 Å². The summed E-state index contributed by atoms with van der Waals surface area (Å²) in [7, 11) is 0. The molecule has 0 bridgehead atoms. The largest absolute Gasteiger partial charge is 0.491 e. The highest BCUT2D eigenvalue weighted by atomic mass is 16.5. The van der Waals surface area contributed by atoms with Crippen molar-refractivity contribution in [3.05, 3.63) is 29.3 Å². The Morgan fingerprint density at radius 1 is 1.36 bits per heavy atom. The van der Waals surface area contributed by atoms with Crippen molar-refractivity contribution in [3.63, 3.8) is 0 Å². The van der Waals surface area contributed by atoms with Crippen LogP contribution in [0.1, 0.15) is 51.7 Å². The van der Waals surface area contributed by atoms with E-state index in [1.807, 2.05) is 6.07 Å². The lowest BCUT2D eigenvalue weighted by atomic mass is 9.86. The van der Waals surface area contributed by atoms with Crippen LogP contribution in [0, 0.1) is 6.92 Å². The smallest absolute Gasteiger partial charge is 0.122 e. The van der Waals surface area contributed by atoms with Gasteiger partial charge in [0, 0.05) is 19.1 Å². The maximum absolute atomic E-state index is 10.2. The van der Waals surface area contributed by atoms with Gasteiger partial charge in [0.2, 0.25) is 0 Å². The first kappa shape index (κ1) is 20.2. The van der Waals surface area contributed by atoms with Gasteiger partial charge in [-0.25, -0.2) is 0 Å². The van der Waals surface area contributed by atoms with Gasteiger partial charge in [0.15, 0.2) is 0 Å². The van der Waals surface area contributed by atoms with Crippen molar-refractivity contribution in [2.24, 2.45) is 0 Å². The molecule has 0 spiro atoms. The second kappa shape index (κ2) is 9.02. The van der Waals surface area contributed by atoms with Gasteiger partial charge in [-0.1, -0.05) is 39.8 Å². The molecule has 0 aliphatic carbocycles. The molecule has 0 unspecified atom stereocenters. The van der Waals surface area contributed by atoms with Crippen LogP contribution in [0.5, 0.6) is 5.75 Å². The number of nitrogens with zero attached hydrogens (tertiary/aromatic N) is 1. The average Bonchev–Trinajstić information content (AvgIpc) is 3.00. The summed E-state index contributed by atoms with van der Waals surface area (Å²) >= 11 is 0. The summed E-state index contributed by atoms with van der Waals surface area (Å²) in [5, 5.41) is 13.6. The molecule has 4 nitrogen and oxygen atoms in total. The zero-order chi connectivity index (χ0) is 18.4. The van der Waals surface area contributed by atoms with Gasteiger partial charge >= 0.3 is 0 Å². The van der Waals surface area contributed by atoms with Crippen molar-refractivity contribution in [2.75, 3.05) is 32.8 Å². The lowest BCUT2D eigenvalue weighted by Gasteiger charge is -2.24. The molecule has 1 saturated heterocycles. The van der Waals surface area contributed by atoms with Crippen molar-refractivity contribution < 1.29 is 9.84 Å². The first-order valence-electron chi connectivity index (χ1n) is 9.68. The average molecular weight is 349 g/mol. The monoisotopic (exact) mass is 348 g/mol. The Bertz CT molecular complexity index is 539. The molecule has 1 fully saturated rings. The van der Waals surface area contributed by atoms with E-state index in [-0.39, 0.29) is 5.41 Å². The summed E-state index contributed by atoms with van der Waals surface area (Å²) in [6, 6.07) is 6.93. The molecule has 142 valence electrons. The summed E-state index contributed by atoms with van der Waals surface area (Å²) < 4.78 is 5.83. The molecular weight excluding hydrogens is 312 g/mol. The van der Waals surface area contributed by atoms with Gasteiger partial charge in [0.25, 0.3) is 0 Å². The van der Waals surface area contributed by atoms with E-state index in [4.69, 9.17) is 4.74 Å². The highest BCUT2D eigenvalue weighted by molar-refractivity contribution is 5.38. The van der Waals surface area contributed by atoms with E-state index >= 15 is 0 Å². The topological polar surface area (TPSA) is 44.7 Å². The van der Waals surface area contributed by atoms with E-state index in [1.54, 1.807) is 0 Å². The van der Waals surface area contributed by atoms with Gasteiger partial charge in [-0.2, -0.15) is 0 Å². The van der Waals surface area contributed by atoms with Crippen LogP contribution in [-0.4, -0.2) is 54.9 Å². The Labute approximate surface area is 153 Å². The van der Waals surface area contributed by atoms with E-state index in [1.165, 1.54) is 24.9 Å². The minimum absolute atomic E-state index is 0.138. The summed E-state index contributed by atoms with van der Waals surface area (Å²) in [6.45, 7) is 15.1. The first-order chi connectivity index (χ1) is 11.8. The second-order valence-electron chi connectivity index (χ2n) is 8.28. The van der Waals surface area contributed by atoms with E-state index in [0.717, 1.165) is 24.4 Å². The van der Waals surface area contributed by atoms with Crippen LogP contribution in [0.2, 0.25) is 0 Å². The quantitative estimate of drug-likeness (QED) is 0.758. The molecule has 2 N–H and O–H groups in total. The second-order valence-corrected chi connectivity index (χ2v) is 8.28. The fourth-order valence-corrected chi connectivity index (χ4v) is 3.48. The van der Waals surface area contributed by atoms with Crippen LogP contribution in [-0.2, 0) is 5.41 Å². The van der Waals surface area contributed by atoms with Crippen LogP contribution < -0.4 is 10.1 Å². The number of likely N-dealkylation sites (N-methyl/N-ethyl adjacent to an activating group) is 1. The van der Waals surface area contributed by atoms with E-state index in [9.17, 15) is 5.11 Å². The molecule has 1 aromatic carbocycles. The van der Waals surface area contributed by atoms with Gasteiger partial charge in [-0.05, 0) is 55.5 Å². The number of aliphatic hydroxyl groups excluding tert-OH is 1. The third-order valence-electron chi connectivity index (χ3n) is 5.14. The third-order valence-corrected chi connectivity index (χ3v) is 5.14. The number of benzene rings is 1. The number of aryl methyl sites for hydroxylation is 1. The van der Waals surface area contributed by atoms with Crippen molar-refractivity contribution in [1.82, 2.24) is 10.2 Å². The molecule has 0 radical (unpaired) electrons. The van der Waals surface area contributed by atoms with E-state index < -0.39 is 6.10 Å². The Morgan fingerprint density at radius 3 is 2.76 bits per heavy atom. The zero-order valence-electron chi connectivity index (χ0n) is 16.6. The van der Waals surface area contributed by atoms with Crippen LogP contribution in [0.15, 0.2) is 18.2 Å². The van der Waals surface area contributed by atoms with Gasteiger partial charge < -0.3 is 15.2 Å². The number of hydrogen-bond acceptors (Lipinski definition) is 4. The predicted molar refractivity (Wildman–Crippen MR) is 105 cm³/mol. The minimum atomic E-state index is -0.488. The summed E-state index contributed by atoms with van der Waals surface area (Å²) in [5.74, 6) is 0.861. The molecule has 1 aromatic rings. The van der Waals surface area contributed by atoms with Crippen LogP contribution in [0.4, 0.5) is 0 Å².